The molecule has 1 aromatic rings. The van der Waals surface area contributed by atoms with Gasteiger partial charge in [0.05, 0.1) is 18.3 Å². The minimum atomic E-state index is -1.82. The summed E-state index contributed by atoms with van der Waals surface area (Å²) in [6.07, 6.45) is 11.0. The summed E-state index contributed by atoms with van der Waals surface area (Å²) < 4.78 is 14.6. The Balaban J connectivity index is 0.000000527. The Morgan fingerprint density at radius 3 is 2.48 bits per heavy atom. The lowest BCUT2D eigenvalue weighted by Gasteiger charge is -2.21. The van der Waals surface area contributed by atoms with Crippen molar-refractivity contribution < 1.29 is 24.5 Å². The summed E-state index contributed by atoms with van der Waals surface area (Å²) >= 11 is 1.24. The van der Waals surface area contributed by atoms with Gasteiger partial charge in [-0.05, 0) is 31.9 Å². The molecule has 1 aliphatic rings. The van der Waals surface area contributed by atoms with Crippen LogP contribution in [0.3, 0.4) is 0 Å². The molecule has 1 atom stereocenters. The standard InChI is InChI=1S/C16H27N3OS.C2H2O4/c1-3-4-5-6-7-8-12-20-16-15(18-21-19-16)14-10-9-11-17-13(14)2;3-1(4)2(5)6/h10,13,17H,3-9,11-12H2,1-2H3;(H,3,4)(H,5,6). The number of aromatic nitrogens is 2. The van der Waals surface area contributed by atoms with Gasteiger partial charge in [0.25, 0.3) is 5.88 Å². The zero-order chi connectivity index (χ0) is 20.1. The number of unbranched alkanes of at least 4 members (excludes halogenated alkanes) is 5. The first-order valence-corrected chi connectivity index (χ1v) is 10.1. The molecule has 27 heavy (non-hydrogen) atoms. The highest BCUT2D eigenvalue weighted by Crippen LogP contribution is 2.28. The molecule has 1 unspecified atom stereocenters. The van der Waals surface area contributed by atoms with Gasteiger partial charge in [0.2, 0.25) is 0 Å². The van der Waals surface area contributed by atoms with Gasteiger partial charge in [-0.3, -0.25) is 0 Å². The molecule has 0 saturated heterocycles. The predicted molar refractivity (Wildman–Crippen MR) is 104 cm³/mol. The summed E-state index contributed by atoms with van der Waals surface area (Å²) in [7, 11) is 0. The van der Waals surface area contributed by atoms with E-state index >= 15 is 0 Å². The van der Waals surface area contributed by atoms with Crippen LogP contribution in [0.15, 0.2) is 6.08 Å². The number of rotatable bonds is 9. The average molecular weight is 400 g/mol. The zero-order valence-electron chi connectivity index (χ0n) is 15.9. The summed E-state index contributed by atoms with van der Waals surface area (Å²) in [6, 6.07) is 0.332. The van der Waals surface area contributed by atoms with Crippen molar-refractivity contribution in [1.29, 1.82) is 0 Å². The maximum atomic E-state index is 9.10. The number of carboxylic acids is 2. The fourth-order valence-electron chi connectivity index (χ4n) is 2.62. The van der Waals surface area contributed by atoms with Crippen molar-refractivity contribution in [2.75, 3.05) is 13.2 Å². The molecule has 0 aromatic carbocycles. The second-order valence-corrected chi connectivity index (χ2v) is 6.80. The van der Waals surface area contributed by atoms with Gasteiger partial charge in [-0.15, -0.1) is 4.37 Å². The summed E-state index contributed by atoms with van der Waals surface area (Å²) in [5.74, 6) is -2.93. The van der Waals surface area contributed by atoms with E-state index in [-0.39, 0.29) is 0 Å². The Hall–Kier alpha value is -2.00. The fraction of sp³-hybridized carbons (Fsp3) is 0.667. The summed E-state index contributed by atoms with van der Waals surface area (Å²) in [6.45, 7) is 6.20. The lowest BCUT2D eigenvalue weighted by Crippen LogP contribution is -2.31. The molecule has 2 heterocycles. The summed E-state index contributed by atoms with van der Waals surface area (Å²) in [5.41, 5.74) is 2.17. The highest BCUT2D eigenvalue weighted by Gasteiger charge is 2.21. The SMILES string of the molecule is CCCCCCCCOc1nsnc1C1=CCCNC1C.O=C(O)C(=O)O. The molecule has 0 bridgehead atoms. The first-order valence-electron chi connectivity index (χ1n) is 9.32. The molecule has 0 spiro atoms. The third-order valence-corrected chi connectivity index (χ3v) is 4.59. The molecule has 3 N–H and O–H groups in total. The molecule has 0 aliphatic carbocycles. The van der Waals surface area contributed by atoms with Crippen LogP contribution in [0.4, 0.5) is 0 Å². The second-order valence-electron chi connectivity index (χ2n) is 6.27. The van der Waals surface area contributed by atoms with Crippen LogP contribution >= 0.6 is 11.7 Å². The molecule has 0 amide bonds. The Bertz CT molecular complexity index is 606. The van der Waals surface area contributed by atoms with Gasteiger partial charge in [-0.2, -0.15) is 4.37 Å². The largest absolute Gasteiger partial charge is 0.475 e. The van der Waals surface area contributed by atoms with E-state index in [2.05, 4.69) is 34.0 Å². The Labute approximate surface area is 164 Å². The van der Waals surface area contributed by atoms with Gasteiger partial charge in [0.15, 0.2) is 0 Å². The molecule has 8 nitrogen and oxygen atoms in total. The van der Waals surface area contributed by atoms with Crippen LogP contribution in [0.5, 0.6) is 5.88 Å². The summed E-state index contributed by atoms with van der Waals surface area (Å²) in [4.78, 5) is 18.2. The van der Waals surface area contributed by atoms with Crippen molar-refractivity contribution in [3.8, 4) is 5.88 Å². The number of hydrogen-bond acceptors (Lipinski definition) is 7. The van der Waals surface area contributed by atoms with E-state index in [9.17, 15) is 0 Å². The molecule has 0 saturated carbocycles. The summed E-state index contributed by atoms with van der Waals surface area (Å²) in [5, 5.41) is 18.2. The molecule has 0 fully saturated rings. The fourth-order valence-corrected chi connectivity index (χ4v) is 3.14. The first-order chi connectivity index (χ1) is 13.0. The molecule has 152 valence electrons. The number of nitrogens with one attached hydrogen (secondary N) is 1. The van der Waals surface area contributed by atoms with Crippen molar-refractivity contribution in [2.24, 2.45) is 0 Å². The minimum Gasteiger partial charge on any atom is -0.475 e. The average Bonchev–Trinajstić information content (AvgIpc) is 3.10. The van der Waals surface area contributed by atoms with Gasteiger partial charge in [-0.1, -0.05) is 45.1 Å². The maximum Gasteiger partial charge on any atom is 0.414 e. The van der Waals surface area contributed by atoms with E-state index in [0.717, 1.165) is 37.6 Å². The quantitative estimate of drug-likeness (QED) is 0.427. The van der Waals surface area contributed by atoms with Crippen LogP contribution < -0.4 is 10.1 Å². The molecule has 1 aromatic heterocycles. The van der Waals surface area contributed by atoms with Crippen molar-refractivity contribution in [3.05, 3.63) is 11.8 Å². The highest BCUT2D eigenvalue weighted by molar-refractivity contribution is 6.99. The van der Waals surface area contributed by atoms with E-state index in [1.165, 1.54) is 49.4 Å². The molecule has 2 rings (SSSR count). The number of aliphatic carboxylic acids is 2. The number of carboxylic acid groups (broad SMARTS) is 2. The van der Waals surface area contributed by atoms with Crippen molar-refractivity contribution in [2.45, 2.75) is 64.8 Å². The highest BCUT2D eigenvalue weighted by atomic mass is 32.1. The maximum absolute atomic E-state index is 9.10. The lowest BCUT2D eigenvalue weighted by atomic mass is 10.0. The number of carbonyl (C=O) groups is 2. The van der Waals surface area contributed by atoms with Gasteiger partial charge >= 0.3 is 11.9 Å². The Morgan fingerprint density at radius 2 is 1.85 bits per heavy atom. The van der Waals surface area contributed by atoms with Crippen LogP contribution in [0.1, 0.15) is 64.5 Å². The third kappa shape index (κ3) is 8.96. The predicted octanol–water partition coefficient (Wildman–Crippen LogP) is 3.20. The van der Waals surface area contributed by atoms with Crippen LogP contribution in [-0.4, -0.2) is 50.1 Å². The van der Waals surface area contributed by atoms with E-state index < -0.39 is 11.9 Å². The monoisotopic (exact) mass is 399 g/mol. The Morgan fingerprint density at radius 1 is 1.19 bits per heavy atom. The van der Waals surface area contributed by atoms with Crippen LogP contribution in [-0.2, 0) is 9.59 Å². The minimum absolute atomic E-state index is 0.332. The van der Waals surface area contributed by atoms with E-state index in [0.29, 0.717) is 6.04 Å². The van der Waals surface area contributed by atoms with E-state index in [1.807, 2.05) is 0 Å². The molecular weight excluding hydrogens is 370 g/mol. The van der Waals surface area contributed by atoms with E-state index in [4.69, 9.17) is 24.5 Å². The van der Waals surface area contributed by atoms with Crippen molar-refractivity contribution >= 4 is 29.2 Å². The lowest BCUT2D eigenvalue weighted by molar-refractivity contribution is -0.159. The normalized spacial score (nSPS) is 16.1. The number of hydrogen-bond donors (Lipinski definition) is 3. The Kier molecular flexibility index (Phi) is 11.3. The molecule has 1 aliphatic heterocycles. The van der Waals surface area contributed by atoms with Gasteiger partial charge in [0.1, 0.15) is 5.69 Å². The van der Waals surface area contributed by atoms with Gasteiger partial charge < -0.3 is 20.3 Å². The number of nitrogens with zero attached hydrogens (tertiary/aromatic N) is 2. The third-order valence-electron chi connectivity index (χ3n) is 4.08. The smallest absolute Gasteiger partial charge is 0.414 e. The first kappa shape index (κ1) is 23.0. The van der Waals surface area contributed by atoms with Crippen LogP contribution in [0.25, 0.3) is 5.57 Å². The zero-order valence-corrected chi connectivity index (χ0v) is 16.8. The van der Waals surface area contributed by atoms with Crippen LogP contribution in [0, 0.1) is 0 Å². The van der Waals surface area contributed by atoms with Crippen LogP contribution in [0.2, 0.25) is 0 Å². The van der Waals surface area contributed by atoms with Crippen molar-refractivity contribution in [1.82, 2.24) is 14.1 Å². The molecule has 0 radical (unpaired) electrons. The molecule has 9 heteroatoms. The van der Waals surface area contributed by atoms with Crippen molar-refractivity contribution in [3.63, 3.8) is 0 Å². The second kappa shape index (κ2) is 13.2. The van der Waals surface area contributed by atoms with E-state index in [1.54, 1.807) is 0 Å². The molecular formula is C18H29N3O5S. The van der Waals surface area contributed by atoms with Gasteiger partial charge in [-0.25, -0.2) is 9.59 Å². The topological polar surface area (TPSA) is 122 Å². The number of ether oxygens (including phenoxy) is 1. The van der Waals surface area contributed by atoms with Gasteiger partial charge in [0, 0.05) is 6.04 Å².